The lowest BCUT2D eigenvalue weighted by Crippen LogP contribution is -2.21. The molecule has 0 bridgehead atoms. The number of ketones is 1. The van der Waals surface area contributed by atoms with Crippen LogP contribution in [0.1, 0.15) is 29.3 Å². The van der Waals surface area contributed by atoms with Crippen molar-refractivity contribution in [2.75, 3.05) is 0 Å². The van der Waals surface area contributed by atoms with Crippen molar-refractivity contribution in [1.29, 1.82) is 5.41 Å². The molecular formula is C16H15NO3. The van der Waals surface area contributed by atoms with Crippen LogP contribution in [0, 0.1) is 5.41 Å². The number of carboxylic acids is 1. The van der Waals surface area contributed by atoms with E-state index in [1.807, 2.05) is 24.3 Å². The van der Waals surface area contributed by atoms with E-state index in [4.69, 9.17) is 15.3 Å². The summed E-state index contributed by atoms with van der Waals surface area (Å²) < 4.78 is 0. The lowest BCUT2D eigenvalue weighted by atomic mass is 9.86. The van der Waals surface area contributed by atoms with E-state index in [1.54, 1.807) is 0 Å². The van der Waals surface area contributed by atoms with Gasteiger partial charge in [0.25, 0.3) is 5.97 Å². The van der Waals surface area contributed by atoms with Gasteiger partial charge >= 0.3 is 0 Å². The Morgan fingerprint density at radius 1 is 1.15 bits per heavy atom. The molecule has 2 N–H and O–H groups in total. The Hall–Kier alpha value is -2.49. The van der Waals surface area contributed by atoms with Gasteiger partial charge in [0.15, 0.2) is 0 Å². The molecule has 4 nitrogen and oxygen atoms in total. The summed E-state index contributed by atoms with van der Waals surface area (Å²) in [5.41, 5.74) is 2.07. The highest BCUT2D eigenvalue weighted by Gasteiger charge is 2.23. The number of aryl methyl sites for hydroxylation is 1. The van der Waals surface area contributed by atoms with E-state index >= 15 is 0 Å². The zero-order valence-electron chi connectivity index (χ0n) is 11.1. The van der Waals surface area contributed by atoms with Crippen molar-refractivity contribution in [3.63, 3.8) is 0 Å². The first kappa shape index (κ1) is 13.9. The van der Waals surface area contributed by atoms with Gasteiger partial charge in [-0.05, 0) is 29.2 Å². The number of hydrogen-bond acceptors (Lipinski definition) is 3. The fourth-order valence-electron chi connectivity index (χ4n) is 2.34. The van der Waals surface area contributed by atoms with Gasteiger partial charge in [-0.2, -0.15) is 0 Å². The number of carboxylic acid groups (broad SMARTS) is 1. The van der Waals surface area contributed by atoms with E-state index in [1.165, 1.54) is 5.39 Å². The van der Waals surface area contributed by atoms with Gasteiger partial charge in [-0.25, -0.2) is 0 Å². The number of Topliss-reactive ketones (excluding diaryl/α,β-unsaturated/α-hetero) is 1. The van der Waals surface area contributed by atoms with E-state index in [0.29, 0.717) is 6.42 Å². The molecule has 2 aromatic rings. The van der Waals surface area contributed by atoms with Gasteiger partial charge in [-0.15, -0.1) is 0 Å². The van der Waals surface area contributed by atoms with Crippen LogP contribution in [0.15, 0.2) is 36.4 Å². The van der Waals surface area contributed by atoms with Gasteiger partial charge in [0.2, 0.25) is 5.78 Å². The number of fused-ring (bicyclic) bond motifs is 3. The van der Waals surface area contributed by atoms with Crippen LogP contribution in [0.3, 0.4) is 0 Å². The molecule has 2 aromatic carbocycles. The molecule has 1 aliphatic rings. The predicted molar refractivity (Wildman–Crippen MR) is 77.6 cm³/mol. The van der Waals surface area contributed by atoms with E-state index in [9.17, 15) is 4.79 Å². The molecule has 0 saturated carbocycles. The topological polar surface area (TPSA) is 78.2 Å². The van der Waals surface area contributed by atoms with Crippen LogP contribution >= 0.6 is 0 Å². The second-order valence-corrected chi connectivity index (χ2v) is 4.64. The van der Waals surface area contributed by atoms with Crippen LogP contribution in [0.5, 0.6) is 0 Å². The number of carbonyl (C=O) groups excluding carboxylic acids is 1. The first-order chi connectivity index (χ1) is 9.50. The Morgan fingerprint density at radius 2 is 1.80 bits per heavy atom. The monoisotopic (exact) mass is 269 g/mol. The standard InChI is InChI=1S/C14H11NO.C2H4O2/c15-13-8-7-11-10-4-2-1-3-9(10)5-6-12(11)14(13)16;1-2(3)4/h1-6,15H,7-8H2;1H3,(H,3,4). The second-order valence-electron chi connectivity index (χ2n) is 4.64. The molecule has 0 heterocycles. The largest absolute Gasteiger partial charge is 0.481 e. The third-order valence-electron chi connectivity index (χ3n) is 3.18. The van der Waals surface area contributed by atoms with Gasteiger partial charge in [-0.3, -0.25) is 9.59 Å². The van der Waals surface area contributed by atoms with Crippen molar-refractivity contribution in [3.05, 3.63) is 47.5 Å². The van der Waals surface area contributed by atoms with Crippen LogP contribution < -0.4 is 0 Å². The minimum Gasteiger partial charge on any atom is -0.481 e. The smallest absolute Gasteiger partial charge is 0.300 e. The molecule has 0 fully saturated rings. The number of benzene rings is 2. The van der Waals surface area contributed by atoms with Crippen molar-refractivity contribution >= 4 is 28.2 Å². The molecule has 0 aliphatic heterocycles. The van der Waals surface area contributed by atoms with Crippen LogP contribution in [0.2, 0.25) is 0 Å². The van der Waals surface area contributed by atoms with Crippen LogP contribution in [-0.2, 0) is 11.2 Å². The molecule has 0 saturated heterocycles. The molecule has 102 valence electrons. The molecule has 0 radical (unpaired) electrons. The van der Waals surface area contributed by atoms with Crippen LogP contribution in [0.4, 0.5) is 0 Å². The molecular weight excluding hydrogens is 254 g/mol. The number of nitrogens with one attached hydrogen (secondary N) is 1. The normalized spacial score (nSPS) is 13.4. The third-order valence-corrected chi connectivity index (χ3v) is 3.18. The SMILES string of the molecule is CC(=O)O.N=C1CCc2c(ccc3ccccc23)C1=O. The molecule has 1 aliphatic carbocycles. The molecule has 0 aromatic heterocycles. The Morgan fingerprint density at radius 3 is 2.50 bits per heavy atom. The number of hydrogen-bond donors (Lipinski definition) is 2. The van der Waals surface area contributed by atoms with Gasteiger partial charge in [0, 0.05) is 12.5 Å². The fraction of sp³-hybridized carbons (Fsp3) is 0.188. The molecule has 20 heavy (non-hydrogen) atoms. The van der Waals surface area contributed by atoms with Gasteiger partial charge in [-0.1, -0.05) is 36.4 Å². The molecule has 4 heteroatoms. The lowest BCUT2D eigenvalue weighted by Gasteiger charge is -2.17. The van der Waals surface area contributed by atoms with Gasteiger partial charge < -0.3 is 10.5 Å². The Balaban J connectivity index is 0.000000328. The maximum Gasteiger partial charge on any atom is 0.300 e. The van der Waals surface area contributed by atoms with Gasteiger partial charge in [0.05, 0.1) is 5.71 Å². The molecule has 0 spiro atoms. The Kier molecular flexibility index (Phi) is 3.94. The highest BCUT2D eigenvalue weighted by atomic mass is 16.4. The van der Waals surface area contributed by atoms with E-state index in [2.05, 4.69) is 12.1 Å². The van der Waals surface area contributed by atoms with E-state index < -0.39 is 5.97 Å². The Labute approximate surface area is 116 Å². The zero-order valence-corrected chi connectivity index (χ0v) is 11.1. The summed E-state index contributed by atoms with van der Waals surface area (Å²) in [5.74, 6) is -0.938. The summed E-state index contributed by atoms with van der Waals surface area (Å²) in [5, 5.41) is 17.3. The summed E-state index contributed by atoms with van der Waals surface area (Å²) in [7, 11) is 0. The lowest BCUT2D eigenvalue weighted by molar-refractivity contribution is -0.134. The maximum absolute atomic E-state index is 11.8. The molecule has 0 unspecified atom stereocenters. The molecule has 0 amide bonds. The average molecular weight is 269 g/mol. The summed E-state index contributed by atoms with van der Waals surface area (Å²) >= 11 is 0. The highest BCUT2D eigenvalue weighted by Crippen LogP contribution is 2.27. The quantitative estimate of drug-likeness (QED) is 0.771. The Bertz CT molecular complexity index is 700. The summed E-state index contributed by atoms with van der Waals surface area (Å²) in [6.07, 6.45) is 1.38. The van der Waals surface area contributed by atoms with Crippen molar-refractivity contribution < 1.29 is 14.7 Å². The van der Waals surface area contributed by atoms with Gasteiger partial charge in [0.1, 0.15) is 0 Å². The summed E-state index contributed by atoms with van der Waals surface area (Å²) in [6.45, 7) is 1.08. The van der Waals surface area contributed by atoms with Crippen molar-refractivity contribution in [2.24, 2.45) is 0 Å². The summed E-state index contributed by atoms with van der Waals surface area (Å²) in [4.78, 5) is 20.8. The number of carbonyl (C=O) groups is 2. The fourth-order valence-corrected chi connectivity index (χ4v) is 2.34. The first-order valence-electron chi connectivity index (χ1n) is 6.33. The average Bonchev–Trinajstić information content (AvgIpc) is 2.42. The number of rotatable bonds is 0. The third kappa shape index (κ3) is 2.74. The minimum atomic E-state index is -0.833. The van der Waals surface area contributed by atoms with Crippen LogP contribution in [0.25, 0.3) is 10.8 Å². The number of aliphatic carboxylic acids is 1. The van der Waals surface area contributed by atoms with E-state index in [0.717, 1.165) is 29.9 Å². The van der Waals surface area contributed by atoms with Crippen molar-refractivity contribution in [1.82, 2.24) is 0 Å². The molecule has 3 rings (SSSR count). The second kappa shape index (κ2) is 5.65. The van der Waals surface area contributed by atoms with Crippen molar-refractivity contribution in [3.8, 4) is 0 Å². The predicted octanol–water partition coefficient (Wildman–Crippen LogP) is 3.08. The maximum atomic E-state index is 11.8. The van der Waals surface area contributed by atoms with Crippen molar-refractivity contribution in [2.45, 2.75) is 19.8 Å². The zero-order chi connectivity index (χ0) is 14.7. The minimum absolute atomic E-state index is 0.105. The summed E-state index contributed by atoms with van der Waals surface area (Å²) in [6, 6.07) is 11.9. The first-order valence-corrected chi connectivity index (χ1v) is 6.33. The highest BCUT2D eigenvalue weighted by molar-refractivity contribution is 6.46. The molecule has 0 atom stereocenters. The van der Waals surface area contributed by atoms with Crippen LogP contribution in [-0.4, -0.2) is 22.6 Å². The van der Waals surface area contributed by atoms with E-state index in [-0.39, 0.29) is 11.5 Å².